The number of benzene rings is 1. The summed E-state index contributed by atoms with van der Waals surface area (Å²) in [5, 5.41) is 11.6. The van der Waals surface area contributed by atoms with Gasteiger partial charge < -0.3 is 10.0 Å². The van der Waals surface area contributed by atoms with Crippen LogP contribution in [0.1, 0.15) is 142 Å². The second kappa shape index (κ2) is 12.9. The van der Waals surface area contributed by atoms with Crippen LogP contribution in [0, 0.1) is 18.3 Å². The highest BCUT2D eigenvalue weighted by Gasteiger charge is 2.43. The molecule has 2 atom stereocenters. The zero-order valence-corrected chi connectivity index (χ0v) is 28.0. The minimum absolute atomic E-state index is 0.00794. The van der Waals surface area contributed by atoms with Crippen LogP contribution in [0.3, 0.4) is 0 Å². The van der Waals surface area contributed by atoms with Crippen LogP contribution in [0.25, 0.3) is 0 Å². The number of piperidine rings is 1. The maximum atomic E-state index is 17.2. The first-order valence-corrected chi connectivity index (χ1v) is 17.2. The number of hydrogen-bond donors (Lipinski definition) is 1. The number of fused-ring (bicyclic) bond motifs is 1. The Morgan fingerprint density at radius 1 is 0.935 bits per heavy atom. The van der Waals surface area contributed by atoms with Gasteiger partial charge in [0.2, 0.25) is 11.9 Å². The van der Waals surface area contributed by atoms with Crippen LogP contribution in [0.15, 0.2) is 36.7 Å². The fourth-order valence-electron chi connectivity index (χ4n) is 8.05. The van der Waals surface area contributed by atoms with E-state index >= 15 is 4.39 Å². The number of aliphatic hydroxyl groups excluding tert-OH is 1. The third-order valence-corrected chi connectivity index (χ3v) is 10.4. The molecule has 46 heavy (non-hydrogen) atoms. The van der Waals surface area contributed by atoms with Crippen LogP contribution >= 0.6 is 0 Å². The molecule has 0 spiro atoms. The number of alkyl halides is 3. The lowest BCUT2D eigenvalue weighted by atomic mass is 9.68. The summed E-state index contributed by atoms with van der Waals surface area (Å²) in [7, 11) is 0. The smallest absolute Gasteiger partial charge is 0.248 e. The maximum Gasteiger partial charge on any atom is 0.248 e. The highest BCUT2D eigenvalue weighted by molar-refractivity contribution is 5.51. The minimum Gasteiger partial charge on any atom is -0.388 e. The average molecular weight is 635 g/mol. The van der Waals surface area contributed by atoms with Gasteiger partial charge in [-0.05, 0) is 85.8 Å². The van der Waals surface area contributed by atoms with E-state index < -0.39 is 18.2 Å². The molecule has 2 fully saturated rings. The van der Waals surface area contributed by atoms with Gasteiger partial charge in [-0.2, -0.15) is 0 Å². The molecule has 0 radical (unpaired) electrons. The fourth-order valence-corrected chi connectivity index (χ4v) is 8.05. The number of hydrogen-bond acceptors (Lipinski definition) is 5. The van der Waals surface area contributed by atoms with E-state index in [-0.39, 0.29) is 42.9 Å². The second-order valence-corrected chi connectivity index (χ2v) is 15.4. The summed E-state index contributed by atoms with van der Waals surface area (Å²) in [6.07, 6.45) is 5.31. The second-order valence-electron chi connectivity index (χ2n) is 15.4. The van der Waals surface area contributed by atoms with Crippen LogP contribution in [0.2, 0.25) is 0 Å². The highest BCUT2D eigenvalue weighted by atomic mass is 19.3. The Bertz CT molecular complexity index is 1500. The van der Waals surface area contributed by atoms with E-state index in [9.17, 15) is 13.9 Å². The first kappa shape index (κ1) is 32.9. The molecule has 1 saturated carbocycles. The number of nitrogens with zero attached hydrogens (tertiary/aromatic N) is 4. The van der Waals surface area contributed by atoms with Gasteiger partial charge in [-0.1, -0.05) is 57.5 Å². The van der Waals surface area contributed by atoms with Gasteiger partial charge >= 0.3 is 0 Å². The lowest BCUT2D eigenvalue weighted by Crippen LogP contribution is -2.36. The van der Waals surface area contributed by atoms with Gasteiger partial charge in [0, 0.05) is 61.1 Å². The van der Waals surface area contributed by atoms with Crippen LogP contribution in [-0.4, -0.2) is 39.1 Å². The van der Waals surface area contributed by atoms with Crippen molar-refractivity contribution < 1.29 is 18.3 Å². The fraction of sp³-hybridized carbons (Fsp3) is 0.605. The number of anilines is 1. The van der Waals surface area contributed by atoms with E-state index in [1.165, 1.54) is 0 Å². The molecule has 3 heterocycles. The van der Waals surface area contributed by atoms with Crippen molar-refractivity contribution in [2.45, 2.75) is 122 Å². The highest BCUT2D eigenvalue weighted by Crippen LogP contribution is 2.52. The molecule has 5 nitrogen and oxygen atoms in total. The Labute approximate surface area is 272 Å². The van der Waals surface area contributed by atoms with E-state index in [2.05, 4.69) is 42.6 Å². The molecular formula is C38H49F3N4O. The van der Waals surface area contributed by atoms with Gasteiger partial charge in [-0.25, -0.2) is 23.1 Å². The van der Waals surface area contributed by atoms with Crippen LogP contribution in [-0.2, 0) is 12.8 Å². The number of rotatable bonds is 7. The quantitative estimate of drug-likeness (QED) is 0.281. The molecule has 3 aromatic rings. The largest absolute Gasteiger partial charge is 0.388 e. The molecule has 1 aliphatic heterocycles. The summed E-state index contributed by atoms with van der Waals surface area (Å²) in [6.45, 7) is 12.0. The normalized spacial score (nSPS) is 22.6. The maximum absolute atomic E-state index is 17.2. The summed E-state index contributed by atoms with van der Waals surface area (Å²) < 4.78 is 46.1. The van der Waals surface area contributed by atoms with Gasteiger partial charge in [0.25, 0.3) is 0 Å². The predicted octanol–water partition coefficient (Wildman–Crippen LogP) is 9.12. The lowest BCUT2D eigenvalue weighted by molar-refractivity contribution is -0.0385. The summed E-state index contributed by atoms with van der Waals surface area (Å²) in [5.41, 5.74) is 6.07. The molecule has 2 aromatic heterocycles. The summed E-state index contributed by atoms with van der Waals surface area (Å²) in [4.78, 5) is 16.8. The topological polar surface area (TPSA) is 62.1 Å². The Hall–Kier alpha value is -3.00. The van der Waals surface area contributed by atoms with E-state index in [0.29, 0.717) is 54.5 Å². The molecule has 1 aromatic carbocycles. The van der Waals surface area contributed by atoms with Crippen molar-refractivity contribution in [2.75, 3.05) is 18.0 Å². The number of pyridine rings is 1. The molecule has 0 bridgehead atoms. The molecule has 248 valence electrons. The summed E-state index contributed by atoms with van der Waals surface area (Å²) in [6, 6.07) is 7.47. The molecular weight excluding hydrogens is 585 g/mol. The van der Waals surface area contributed by atoms with Crippen LogP contribution in [0.4, 0.5) is 19.1 Å². The molecule has 8 heteroatoms. The third kappa shape index (κ3) is 6.97. The molecule has 0 unspecified atom stereocenters. The lowest BCUT2D eigenvalue weighted by Gasteiger charge is -2.41. The van der Waals surface area contributed by atoms with E-state index in [4.69, 9.17) is 4.98 Å². The SMILES string of the molecule is Cc1ccc([C@H](F)c2c(C3CCN(c4ncc(CC(C)C)cn4)CC3)nc3c(c2C2CCC(F)(F)CC2)[C@@H](O)CC(C)(C)C3)cc1. The first-order valence-electron chi connectivity index (χ1n) is 17.2. The van der Waals surface area contributed by atoms with Crippen molar-refractivity contribution in [3.05, 3.63) is 81.4 Å². The minimum atomic E-state index is -2.71. The molecule has 6 rings (SSSR count). The van der Waals surface area contributed by atoms with E-state index in [1.807, 2.05) is 43.6 Å². The predicted molar refractivity (Wildman–Crippen MR) is 176 cm³/mol. The number of aryl methyl sites for hydroxylation is 1. The third-order valence-electron chi connectivity index (χ3n) is 10.4. The zero-order valence-electron chi connectivity index (χ0n) is 28.0. The molecule has 0 amide bonds. The Morgan fingerprint density at radius 3 is 2.17 bits per heavy atom. The summed E-state index contributed by atoms with van der Waals surface area (Å²) >= 11 is 0. The monoisotopic (exact) mass is 634 g/mol. The Balaban J connectivity index is 1.41. The Morgan fingerprint density at radius 2 is 1.57 bits per heavy atom. The van der Waals surface area contributed by atoms with Gasteiger partial charge in [0.15, 0.2) is 6.17 Å². The molecule has 1 saturated heterocycles. The zero-order chi connectivity index (χ0) is 32.8. The molecule has 1 N–H and O–H groups in total. The van der Waals surface area contributed by atoms with E-state index in [0.717, 1.165) is 47.3 Å². The Kier molecular flexibility index (Phi) is 9.23. The van der Waals surface area contributed by atoms with Crippen molar-refractivity contribution in [2.24, 2.45) is 11.3 Å². The summed E-state index contributed by atoms with van der Waals surface area (Å²) in [5.74, 6) is -1.72. The van der Waals surface area contributed by atoms with Crippen LogP contribution < -0.4 is 4.90 Å². The standard InChI is InChI=1S/C38H49F3N4O/c1-23(2)18-25-21-42-36(43-22-25)45-16-12-28(13-17-45)35-33(34(39)27-8-6-24(3)7-9-27)31(26-10-14-38(40,41)15-11-26)32-29(44-35)19-37(4,5)20-30(32)46/h6-9,21-23,26,28,30,34,46H,10-20H2,1-5H3/t30-,34-/m0/s1. The van der Waals surface area contributed by atoms with Crippen molar-refractivity contribution in [3.8, 4) is 0 Å². The van der Waals surface area contributed by atoms with E-state index in [1.54, 1.807) is 0 Å². The molecule has 2 aliphatic carbocycles. The number of aromatic nitrogens is 3. The van der Waals surface area contributed by atoms with Gasteiger partial charge in [-0.3, -0.25) is 4.98 Å². The average Bonchev–Trinajstić information content (AvgIpc) is 3.00. The van der Waals surface area contributed by atoms with Crippen molar-refractivity contribution >= 4 is 5.95 Å². The van der Waals surface area contributed by atoms with Crippen molar-refractivity contribution in [1.82, 2.24) is 15.0 Å². The first-order chi connectivity index (χ1) is 21.8. The van der Waals surface area contributed by atoms with Crippen molar-refractivity contribution in [3.63, 3.8) is 0 Å². The van der Waals surface area contributed by atoms with Gasteiger partial charge in [0.05, 0.1) is 11.8 Å². The van der Waals surface area contributed by atoms with Gasteiger partial charge in [-0.15, -0.1) is 0 Å². The molecule has 3 aliphatic rings. The number of halogens is 3. The van der Waals surface area contributed by atoms with Crippen LogP contribution in [0.5, 0.6) is 0 Å². The van der Waals surface area contributed by atoms with Gasteiger partial charge in [0.1, 0.15) is 0 Å². The van der Waals surface area contributed by atoms with Crippen molar-refractivity contribution in [1.29, 1.82) is 0 Å². The number of aliphatic hydroxyl groups is 1.